The van der Waals surface area contributed by atoms with Crippen LogP contribution in [0.2, 0.25) is 0 Å². The van der Waals surface area contributed by atoms with Crippen molar-refractivity contribution in [1.82, 2.24) is 44.7 Å². The Morgan fingerprint density at radius 2 is 1.93 bits per heavy atom. The van der Waals surface area contributed by atoms with Crippen LogP contribution >= 0.6 is 0 Å². The van der Waals surface area contributed by atoms with Crippen molar-refractivity contribution >= 4 is 5.91 Å². The quantitative estimate of drug-likeness (QED) is 0.474. The first-order valence-electron chi connectivity index (χ1n) is 9.27. The molecule has 0 bridgehead atoms. The molecule has 0 aliphatic rings. The van der Waals surface area contributed by atoms with Gasteiger partial charge in [0.2, 0.25) is 5.82 Å². The summed E-state index contributed by atoms with van der Waals surface area (Å²) in [7, 11) is 1.75. The Morgan fingerprint density at radius 3 is 2.72 bits per heavy atom. The normalized spacial score (nSPS) is 11.0. The third-order valence-electron chi connectivity index (χ3n) is 4.47. The second-order valence-corrected chi connectivity index (χ2v) is 6.53. The number of aryl methyl sites for hydroxylation is 1. The molecule has 0 aliphatic heterocycles. The molecule has 0 saturated heterocycles. The third kappa shape index (κ3) is 4.05. The van der Waals surface area contributed by atoms with Crippen molar-refractivity contribution in [1.29, 1.82) is 0 Å². The van der Waals surface area contributed by atoms with E-state index in [9.17, 15) is 4.79 Å². The zero-order valence-electron chi connectivity index (χ0n) is 16.3. The lowest BCUT2D eigenvalue weighted by Crippen LogP contribution is -2.28. The van der Waals surface area contributed by atoms with Crippen LogP contribution in [0.15, 0.2) is 54.9 Å². The van der Waals surface area contributed by atoms with Gasteiger partial charge in [0, 0.05) is 31.5 Å². The highest BCUT2D eigenvalue weighted by atomic mass is 16.2. The van der Waals surface area contributed by atoms with Crippen molar-refractivity contribution in [2.45, 2.75) is 26.7 Å². The molecule has 0 fully saturated rings. The van der Waals surface area contributed by atoms with Gasteiger partial charge in [-0.15, -0.1) is 15.0 Å². The van der Waals surface area contributed by atoms with Gasteiger partial charge in [-0.1, -0.05) is 30.3 Å². The fraction of sp³-hybridized carbons (Fsp3) is 0.263. The number of tetrazole rings is 1. The summed E-state index contributed by atoms with van der Waals surface area (Å²) in [6.45, 7) is 3.50. The molecule has 0 unspecified atom stereocenters. The smallest absolute Gasteiger partial charge is 0.274 e. The Balaban J connectivity index is 1.42. The summed E-state index contributed by atoms with van der Waals surface area (Å²) < 4.78 is 3.47. The van der Waals surface area contributed by atoms with Crippen LogP contribution in [-0.4, -0.2) is 57.6 Å². The molecule has 0 aliphatic carbocycles. The first kappa shape index (κ1) is 18.5. The minimum atomic E-state index is -0.163. The predicted molar refractivity (Wildman–Crippen MR) is 105 cm³/mol. The summed E-state index contributed by atoms with van der Waals surface area (Å²) >= 11 is 0. The number of amides is 1. The van der Waals surface area contributed by atoms with Gasteiger partial charge in [-0.25, -0.2) is 4.68 Å². The van der Waals surface area contributed by atoms with Crippen LogP contribution in [0.1, 0.15) is 23.1 Å². The molecule has 10 nitrogen and oxygen atoms in total. The summed E-state index contributed by atoms with van der Waals surface area (Å²) in [4.78, 5) is 15.8. The summed E-state index contributed by atoms with van der Waals surface area (Å²) in [5.41, 5.74) is 2.23. The molecule has 3 heterocycles. The molecule has 1 aromatic carbocycles. The van der Waals surface area contributed by atoms with Gasteiger partial charge in [0.05, 0.1) is 12.2 Å². The van der Waals surface area contributed by atoms with Gasteiger partial charge in [-0.05, 0) is 24.3 Å². The average molecular weight is 391 g/mol. The summed E-state index contributed by atoms with van der Waals surface area (Å²) in [5.74, 6) is 0.380. The maximum Gasteiger partial charge on any atom is 0.274 e. The van der Waals surface area contributed by atoms with Crippen LogP contribution < -0.4 is 0 Å². The molecular formula is C19H21N9O. The maximum atomic E-state index is 12.7. The lowest BCUT2D eigenvalue weighted by atomic mass is 10.2. The van der Waals surface area contributed by atoms with E-state index in [0.29, 0.717) is 18.1 Å². The number of benzene rings is 1. The van der Waals surface area contributed by atoms with Crippen molar-refractivity contribution in [3.63, 3.8) is 0 Å². The molecule has 0 radical (unpaired) electrons. The zero-order valence-corrected chi connectivity index (χ0v) is 16.3. The summed E-state index contributed by atoms with van der Waals surface area (Å²) in [6, 6.07) is 13.2. The molecular weight excluding hydrogens is 370 g/mol. The zero-order chi connectivity index (χ0) is 20.2. The van der Waals surface area contributed by atoms with E-state index in [0.717, 1.165) is 17.8 Å². The lowest BCUT2D eigenvalue weighted by Gasteiger charge is -2.16. The van der Waals surface area contributed by atoms with Crippen molar-refractivity contribution < 1.29 is 4.79 Å². The molecule has 0 spiro atoms. The monoisotopic (exact) mass is 391 g/mol. The van der Waals surface area contributed by atoms with Crippen LogP contribution in [0.4, 0.5) is 0 Å². The number of hydrogen-bond donors (Lipinski definition) is 0. The first-order chi connectivity index (χ1) is 14.1. The van der Waals surface area contributed by atoms with E-state index < -0.39 is 0 Å². The predicted octanol–water partition coefficient (Wildman–Crippen LogP) is 1.53. The number of hydrogen-bond acceptors (Lipinski definition) is 6. The van der Waals surface area contributed by atoms with E-state index in [1.54, 1.807) is 35.1 Å². The van der Waals surface area contributed by atoms with Crippen LogP contribution in [0.25, 0.3) is 11.4 Å². The molecule has 148 valence electrons. The fourth-order valence-electron chi connectivity index (χ4n) is 2.98. The molecule has 29 heavy (non-hydrogen) atoms. The van der Waals surface area contributed by atoms with Gasteiger partial charge in [0.1, 0.15) is 5.69 Å². The number of carbonyl (C=O) groups excluding carboxylic acids is 1. The van der Waals surface area contributed by atoms with E-state index in [1.165, 1.54) is 4.80 Å². The van der Waals surface area contributed by atoms with E-state index >= 15 is 0 Å². The molecule has 4 aromatic rings. The standard InChI is InChI=1S/C19H21N9O/c1-3-27-16(9-11-20-27)13-25(2)19(29)17-10-12-26(22-17)14-28-23-18(21-24-28)15-7-5-4-6-8-15/h4-12H,3,13-14H2,1-2H3. The number of rotatable bonds is 7. The Bertz CT molecular complexity index is 1100. The number of carbonyl (C=O) groups is 1. The summed E-state index contributed by atoms with van der Waals surface area (Å²) in [6.07, 6.45) is 3.46. The van der Waals surface area contributed by atoms with Crippen LogP contribution in [0.5, 0.6) is 0 Å². The first-order valence-corrected chi connectivity index (χ1v) is 9.27. The Hall–Kier alpha value is -3.82. The van der Waals surface area contributed by atoms with E-state index in [4.69, 9.17) is 0 Å². The third-order valence-corrected chi connectivity index (χ3v) is 4.47. The van der Waals surface area contributed by atoms with Crippen molar-refractivity contribution in [3.8, 4) is 11.4 Å². The molecule has 3 aromatic heterocycles. The highest BCUT2D eigenvalue weighted by Crippen LogP contribution is 2.12. The van der Waals surface area contributed by atoms with Crippen molar-refractivity contribution in [3.05, 3.63) is 66.2 Å². The average Bonchev–Trinajstić information content (AvgIpc) is 3.49. The SMILES string of the molecule is CCn1nccc1CN(C)C(=O)c1ccn(Cn2nnc(-c3ccccc3)n2)n1. The topological polar surface area (TPSA) is 99.6 Å². The molecule has 0 atom stereocenters. The van der Waals surface area contributed by atoms with Crippen molar-refractivity contribution in [2.24, 2.45) is 0 Å². The van der Waals surface area contributed by atoms with Gasteiger partial charge in [-0.3, -0.25) is 9.48 Å². The molecule has 4 rings (SSSR count). The van der Waals surface area contributed by atoms with Crippen LogP contribution in [0, 0.1) is 0 Å². The highest BCUT2D eigenvalue weighted by Gasteiger charge is 2.17. The lowest BCUT2D eigenvalue weighted by molar-refractivity contribution is 0.0774. The van der Waals surface area contributed by atoms with Gasteiger partial charge >= 0.3 is 0 Å². The Morgan fingerprint density at radius 1 is 1.10 bits per heavy atom. The van der Waals surface area contributed by atoms with Gasteiger partial charge in [0.25, 0.3) is 5.91 Å². The minimum Gasteiger partial charge on any atom is -0.334 e. The van der Waals surface area contributed by atoms with E-state index in [2.05, 4.69) is 25.6 Å². The van der Waals surface area contributed by atoms with Gasteiger partial charge in [0.15, 0.2) is 6.67 Å². The Labute approximate surface area is 167 Å². The molecule has 1 amide bonds. The molecule has 0 N–H and O–H groups in total. The number of nitrogens with zero attached hydrogens (tertiary/aromatic N) is 9. The van der Waals surface area contributed by atoms with Gasteiger partial charge < -0.3 is 4.90 Å². The Kier molecular flexibility index (Phi) is 5.14. The minimum absolute atomic E-state index is 0.163. The molecule has 10 heteroatoms. The maximum absolute atomic E-state index is 12.7. The van der Waals surface area contributed by atoms with Crippen molar-refractivity contribution in [2.75, 3.05) is 7.05 Å². The largest absolute Gasteiger partial charge is 0.334 e. The highest BCUT2D eigenvalue weighted by molar-refractivity contribution is 5.91. The van der Waals surface area contributed by atoms with E-state index in [-0.39, 0.29) is 12.6 Å². The number of aromatic nitrogens is 8. The summed E-state index contributed by atoms with van der Waals surface area (Å²) in [5, 5.41) is 21.1. The van der Waals surface area contributed by atoms with Crippen LogP contribution in [0.3, 0.4) is 0 Å². The fourth-order valence-corrected chi connectivity index (χ4v) is 2.98. The second kappa shape index (κ2) is 8.05. The van der Waals surface area contributed by atoms with Gasteiger partial charge in [-0.2, -0.15) is 10.2 Å². The molecule has 0 saturated carbocycles. The van der Waals surface area contributed by atoms with E-state index in [1.807, 2.05) is 48.0 Å². The van der Waals surface area contributed by atoms with Crippen LogP contribution in [-0.2, 0) is 19.8 Å². The second-order valence-electron chi connectivity index (χ2n) is 6.53.